The first-order chi connectivity index (χ1) is 6.16. The third-order valence-electron chi connectivity index (χ3n) is 3.12. The number of amides is 1. The molecule has 1 heterocycles. The number of carboxylic acids is 1. The quantitative estimate of drug-likeness (QED) is 0.568. The topological polar surface area (TPSA) is 69.2 Å². The minimum atomic E-state index is -0.973. The van der Waals surface area contributed by atoms with Gasteiger partial charge >= 0.3 is 0 Å². The number of carboxylic acid groups (broad SMARTS) is 1. The lowest BCUT2D eigenvalue weighted by Crippen LogP contribution is -2.41. The summed E-state index contributed by atoms with van der Waals surface area (Å²) in [5.41, 5.74) is 0. The normalized spacial score (nSPS) is 38.2. The van der Waals surface area contributed by atoms with Gasteiger partial charge in [0, 0.05) is 24.3 Å². The number of hydrogen-bond donors (Lipinski definition) is 1. The molecule has 4 nitrogen and oxygen atoms in total. The van der Waals surface area contributed by atoms with Crippen LogP contribution in [-0.2, 0) is 9.59 Å². The first-order valence-electron chi connectivity index (χ1n) is 4.67. The van der Waals surface area contributed by atoms with Crippen molar-refractivity contribution in [3.63, 3.8) is 0 Å². The van der Waals surface area contributed by atoms with Gasteiger partial charge in [0.1, 0.15) is 0 Å². The molecule has 1 saturated carbocycles. The molecule has 3 atom stereocenters. The van der Waals surface area contributed by atoms with Gasteiger partial charge in [0.2, 0.25) is 5.91 Å². The smallest absolute Gasteiger partial charge is 0.220 e. The molecular formula is C9H12NO3-. The van der Waals surface area contributed by atoms with Crippen molar-refractivity contribution < 1.29 is 14.7 Å². The lowest BCUT2D eigenvalue weighted by molar-refractivity contribution is -0.312. The van der Waals surface area contributed by atoms with E-state index >= 15 is 0 Å². The predicted octanol–water partition coefficient (Wildman–Crippen LogP) is -0.959. The summed E-state index contributed by atoms with van der Waals surface area (Å²) < 4.78 is 0. The van der Waals surface area contributed by atoms with Gasteiger partial charge in [0.25, 0.3) is 0 Å². The summed E-state index contributed by atoms with van der Waals surface area (Å²) in [6.45, 7) is 0. The Hall–Kier alpha value is -1.06. The van der Waals surface area contributed by atoms with Crippen molar-refractivity contribution in [2.75, 3.05) is 0 Å². The molecule has 0 aromatic carbocycles. The van der Waals surface area contributed by atoms with E-state index in [2.05, 4.69) is 5.32 Å². The molecule has 2 rings (SSSR count). The second-order valence-electron chi connectivity index (χ2n) is 3.97. The van der Waals surface area contributed by atoms with Crippen molar-refractivity contribution in [2.24, 2.45) is 11.8 Å². The highest BCUT2D eigenvalue weighted by Gasteiger charge is 2.37. The highest BCUT2D eigenvalue weighted by molar-refractivity contribution is 5.79. The van der Waals surface area contributed by atoms with E-state index < -0.39 is 5.97 Å². The number of hydrogen-bond acceptors (Lipinski definition) is 3. The van der Waals surface area contributed by atoms with Crippen LogP contribution in [0, 0.1) is 11.8 Å². The largest absolute Gasteiger partial charge is 0.550 e. The fourth-order valence-corrected chi connectivity index (χ4v) is 2.37. The molecule has 1 aliphatic heterocycles. The van der Waals surface area contributed by atoms with Gasteiger partial charge in [-0.1, -0.05) is 0 Å². The lowest BCUT2D eigenvalue weighted by Gasteiger charge is -2.31. The Morgan fingerprint density at radius 3 is 2.92 bits per heavy atom. The van der Waals surface area contributed by atoms with Crippen LogP contribution in [0.5, 0.6) is 0 Å². The molecule has 0 radical (unpaired) electrons. The number of carbonyl (C=O) groups is 2. The van der Waals surface area contributed by atoms with E-state index in [9.17, 15) is 14.7 Å². The zero-order valence-corrected chi connectivity index (χ0v) is 7.29. The zero-order chi connectivity index (χ0) is 9.42. The molecular weight excluding hydrogens is 170 g/mol. The summed E-state index contributed by atoms with van der Waals surface area (Å²) in [5, 5.41) is 13.4. The highest BCUT2D eigenvalue weighted by Crippen LogP contribution is 2.34. The van der Waals surface area contributed by atoms with Gasteiger partial charge in [-0.05, 0) is 25.2 Å². The molecule has 2 fully saturated rings. The van der Waals surface area contributed by atoms with Crippen LogP contribution < -0.4 is 10.4 Å². The Bertz CT molecular complexity index is 251. The van der Waals surface area contributed by atoms with Gasteiger partial charge < -0.3 is 15.2 Å². The van der Waals surface area contributed by atoms with Gasteiger partial charge in [-0.3, -0.25) is 4.79 Å². The van der Waals surface area contributed by atoms with Crippen molar-refractivity contribution in [1.29, 1.82) is 0 Å². The van der Waals surface area contributed by atoms with Gasteiger partial charge in [0.15, 0.2) is 0 Å². The minimum Gasteiger partial charge on any atom is -0.550 e. The summed E-state index contributed by atoms with van der Waals surface area (Å²) in [7, 11) is 0. The predicted molar refractivity (Wildman–Crippen MR) is 42.4 cm³/mol. The van der Waals surface area contributed by atoms with E-state index in [1.165, 1.54) is 0 Å². The second kappa shape index (κ2) is 3.01. The van der Waals surface area contributed by atoms with E-state index in [4.69, 9.17) is 0 Å². The Morgan fingerprint density at radius 2 is 2.23 bits per heavy atom. The van der Waals surface area contributed by atoms with Gasteiger partial charge in [0.05, 0.1) is 0 Å². The van der Waals surface area contributed by atoms with E-state index in [0.29, 0.717) is 25.2 Å². The summed E-state index contributed by atoms with van der Waals surface area (Å²) in [6, 6.07) is 0.0872. The zero-order valence-electron chi connectivity index (χ0n) is 7.29. The Morgan fingerprint density at radius 1 is 1.46 bits per heavy atom. The SMILES string of the molecule is O=C1CC2CCC(C(=O)[O-])CC2N1. The number of fused-ring (bicyclic) bond motifs is 1. The third-order valence-corrected chi connectivity index (χ3v) is 3.12. The molecule has 0 aromatic heterocycles. The van der Waals surface area contributed by atoms with Crippen LogP contribution in [-0.4, -0.2) is 17.9 Å². The van der Waals surface area contributed by atoms with Crippen LogP contribution in [0.25, 0.3) is 0 Å². The van der Waals surface area contributed by atoms with Crippen molar-refractivity contribution in [3.8, 4) is 0 Å². The molecule has 1 N–H and O–H groups in total. The van der Waals surface area contributed by atoms with E-state index in [1.54, 1.807) is 0 Å². The molecule has 3 unspecified atom stereocenters. The van der Waals surface area contributed by atoms with Crippen LogP contribution in [0.3, 0.4) is 0 Å². The van der Waals surface area contributed by atoms with E-state index in [0.717, 1.165) is 6.42 Å². The van der Waals surface area contributed by atoms with Crippen molar-refractivity contribution in [3.05, 3.63) is 0 Å². The van der Waals surface area contributed by atoms with Crippen LogP contribution >= 0.6 is 0 Å². The fourth-order valence-electron chi connectivity index (χ4n) is 2.37. The van der Waals surface area contributed by atoms with Crippen LogP contribution in [0.2, 0.25) is 0 Å². The molecule has 2 aliphatic rings. The average molecular weight is 182 g/mol. The molecule has 72 valence electrons. The van der Waals surface area contributed by atoms with Gasteiger partial charge in [-0.2, -0.15) is 0 Å². The van der Waals surface area contributed by atoms with E-state index in [1.807, 2.05) is 0 Å². The van der Waals surface area contributed by atoms with Crippen molar-refractivity contribution in [1.82, 2.24) is 5.32 Å². The van der Waals surface area contributed by atoms with Crippen molar-refractivity contribution in [2.45, 2.75) is 31.7 Å². The Labute approximate surface area is 76.3 Å². The van der Waals surface area contributed by atoms with Crippen LogP contribution in [0.4, 0.5) is 0 Å². The number of rotatable bonds is 1. The minimum absolute atomic E-state index is 0.0639. The average Bonchev–Trinajstić information content (AvgIpc) is 2.42. The second-order valence-corrected chi connectivity index (χ2v) is 3.97. The molecule has 1 saturated heterocycles. The molecule has 1 amide bonds. The third kappa shape index (κ3) is 1.53. The summed E-state index contributed by atoms with van der Waals surface area (Å²) >= 11 is 0. The fraction of sp³-hybridized carbons (Fsp3) is 0.778. The Balaban J connectivity index is 2.01. The number of nitrogens with one attached hydrogen (secondary N) is 1. The van der Waals surface area contributed by atoms with E-state index in [-0.39, 0.29) is 17.9 Å². The first-order valence-corrected chi connectivity index (χ1v) is 4.67. The molecule has 1 aliphatic carbocycles. The van der Waals surface area contributed by atoms with Gasteiger partial charge in [-0.15, -0.1) is 0 Å². The molecule has 0 aromatic rings. The molecule has 4 heteroatoms. The first kappa shape index (κ1) is 8.53. The number of carbonyl (C=O) groups excluding carboxylic acids is 2. The van der Waals surface area contributed by atoms with Crippen molar-refractivity contribution >= 4 is 11.9 Å². The van der Waals surface area contributed by atoms with Crippen LogP contribution in [0.15, 0.2) is 0 Å². The monoisotopic (exact) mass is 182 g/mol. The number of aliphatic carboxylic acids is 1. The standard InChI is InChI=1S/C9H13NO3/c11-8-4-5-1-2-6(9(12)13)3-7(5)10-8/h5-7H,1-4H2,(H,10,11)(H,12,13)/p-1. The highest BCUT2D eigenvalue weighted by atomic mass is 16.4. The molecule has 13 heavy (non-hydrogen) atoms. The lowest BCUT2D eigenvalue weighted by atomic mass is 9.79. The molecule has 0 spiro atoms. The van der Waals surface area contributed by atoms with Gasteiger partial charge in [-0.25, -0.2) is 0 Å². The Kier molecular flexibility index (Phi) is 1.98. The molecule has 0 bridgehead atoms. The summed E-state index contributed by atoms with van der Waals surface area (Å²) in [4.78, 5) is 21.6. The maximum atomic E-state index is 11.0. The maximum Gasteiger partial charge on any atom is 0.220 e. The maximum absolute atomic E-state index is 11.0. The summed E-state index contributed by atoms with van der Waals surface area (Å²) in [5.74, 6) is -0.906. The van der Waals surface area contributed by atoms with Crippen LogP contribution in [0.1, 0.15) is 25.7 Å². The summed E-state index contributed by atoms with van der Waals surface area (Å²) in [6.07, 6.45) is 2.63.